The number of nitriles is 1. The van der Waals surface area contributed by atoms with E-state index in [0.717, 1.165) is 0 Å². The smallest absolute Gasteiger partial charge is 0.426 e. The Bertz CT molecular complexity index is 279. The van der Waals surface area contributed by atoms with Crippen LogP contribution in [0.4, 0.5) is 0 Å². The van der Waals surface area contributed by atoms with Crippen LogP contribution in [0.25, 0.3) is 0 Å². The molecule has 1 aliphatic carbocycles. The van der Waals surface area contributed by atoms with Crippen LogP contribution in [0.2, 0.25) is 5.82 Å². The molecule has 0 saturated carbocycles. The van der Waals surface area contributed by atoms with Gasteiger partial charge in [0.25, 0.3) is 0 Å². The summed E-state index contributed by atoms with van der Waals surface area (Å²) in [5, 5.41) is 25.9. The number of rotatable bonds is 1. The first-order valence-electron chi connectivity index (χ1n) is 3.20. The Morgan fingerprint density at radius 3 is 3.00 bits per heavy atom. The Morgan fingerprint density at radius 1 is 1.73 bits per heavy atom. The molecule has 0 aromatic carbocycles. The van der Waals surface area contributed by atoms with Crippen molar-refractivity contribution in [1.82, 2.24) is 0 Å². The summed E-state index contributed by atoms with van der Waals surface area (Å²) in [4.78, 5) is 0. The molecule has 0 heterocycles. The molecular formula is C7H6BNO2. The van der Waals surface area contributed by atoms with E-state index in [1.165, 1.54) is 6.08 Å². The van der Waals surface area contributed by atoms with E-state index in [-0.39, 0.29) is 0 Å². The fourth-order valence-corrected chi connectivity index (χ4v) is 0.841. The molecule has 4 heteroatoms. The molecule has 0 fully saturated rings. The molecule has 0 spiro atoms. The maximum absolute atomic E-state index is 8.71. The normalized spacial score (nSPS) is 20.8. The van der Waals surface area contributed by atoms with Crippen LogP contribution in [0.5, 0.6) is 0 Å². The Labute approximate surface area is 65.1 Å². The van der Waals surface area contributed by atoms with Crippen molar-refractivity contribution in [3.63, 3.8) is 0 Å². The molecule has 0 unspecified atom stereocenters. The molecule has 1 rings (SSSR count). The van der Waals surface area contributed by atoms with Crippen molar-refractivity contribution >= 4 is 7.12 Å². The Balaban J connectivity index is 2.69. The molecule has 0 aromatic heterocycles. The summed E-state index contributed by atoms with van der Waals surface area (Å²) < 4.78 is 0. The van der Waals surface area contributed by atoms with Gasteiger partial charge in [0.05, 0.1) is 11.9 Å². The van der Waals surface area contributed by atoms with Gasteiger partial charge < -0.3 is 10.0 Å². The van der Waals surface area contributed by atoms with Crippen LogP contribution < -0.4 is 0 Å². The van der Waals surface area contributed by atoms with Crippen LogP contribution in [0, 0.1) is 23.2 Å². The maximum Gasteiger partial charge on any atom is 0.467 e. The van der Waals surface area contributed by atoms with Gasteiger partial charge in [0.2, 0.25) is 0 Å². The minimum absolute atomic E-state index is 0.334. The first-order valence-corrected chi connectivity index (χ1v) is 3.20. The summed E-state index contributed by atoms with van der Waals surface area (Å²) in [7, 11) is -1.44. The van der Waals surface area contributed by atoms with Crippen molar-refractivity contribution in [3.05, 3.63) is 11.6 Å². The molecular weight excluding hydrogens is 141 g/mol. The topological polar surface area (TPSA) is 64.2 Å². The number of allylic oxidation sites excluding steroid dienone is 2. The second kappa shape index (κ2) is 3.25. The third-order valence-electron chi connectivity index (χ3n) is 1.46. The van der Waals surface area contributed by atoms with Crippen molar-refractivity contribution in [2.45, 2.75) is 12.2 Å². The third kappa shape index (κ3) is 1.85. The fourth-order valence-electron chi connectivity index (χ4n) is 0.841. The van der Waals surface area contributed by atoms with Gasteiger partial charge >= 0.3 is 7.12 Å². The van der Waals surface area contributed by atoms with Gasteiger partial charge in [-0.3, -0.25) is 0 Å². The molecule has 2 N–H and O–H groups in total. The molecule has 0 saturated heterocycles. The van der Waals surface area contributed by atoms with Crippen LogP contribution in [0.1, 0.15) is 6.42 Å². The average molecular weight is 147 g/mol. The summed E-state index contributed by atoms with van der Waals surface area (Å²) in [6.07, 6.45) is 1.83. The number of hydrogen-bond acceptors (Lipinski definition) is 3. The minimum atomic E-state index is -1.44. The minimum Gasteiger partial charge on any atom is -0.426 e. The zero-order chi connectivity index (χ0) is 8.27. The van der Waals surface area contributed by atoms with Crippen molar-refractivity contribution in [1.29, 1.82) is 5.26 Å². The van der Waals surface area contributed by atoms with E-state index < -0.39 is 12.9 Å². The van der Waals surface area contributed by atoms with Gasteiger partial charge in [0.1, 0.15) is 0 Å². The van der Waals surface area contributed by atoms with Gasteiger partial charge in [-0.25, -0.2) is 0 Å². The standard InChI is InChI=1S/C7H6BNO2/c9-5-6-2-1-3-7(4-6)8(10)11/h2,7,10-11H,4H2/t7-/m1/s1. The monoisotopic (exact) mass is 147 g/mol. The van der Waals surface area contributed by atoms with Gasteiger partial charge in [-0.15, -0.1) is 0 Å². The second-order valence-electron chi connectivity index (χ2n) is 2.29. The molecule has 0 bridgehead atoms. The molecule has 0 aliphatic heterocycles. The lowest BCUT2D eigenvalue weighted by molar-refractivity contribution is 0.395. The van der Waals surface area contributed by atoms with Crippen LogP contribution in [0.15, 0.2) is 11.6 Å². The molecule has 0 radical (unpaired) electrons. The molecule has 3 nitrogen and oxygen atoms in total. The van der Waals surface area contributed by atoms with Crippen LogP contribution in [0.3, 0.4) is 0 Å². The average Bonchev–Trinajstić information content (AvgIpc) is 2.05. The SMILES string of the molecule is N#CC1=CC#C[C@@H](B(O)O)C1. The van der Waals surface area contributed by atoms with Crippen molar-refractivity contribution in [2.75, 3.05) is 0 Å². The fraction of sp³-hybridized carbons (Fsp3) is 0.286. The maximum atomic E-state index is 8.71. The van der Waals surface area contributed by atoms with Gasteiger partial charge in [-0.1, -0.05) is 11.8 Å². The lowest BCUT2D eigenvalue weighted by Crippen LogP contribution is -2.20. The summed E-state index contributed by atoms with van der Waals surface area (Å²) in [5.41, 5.74) is 0.502. The van der Waals surface area contributed by atoms with Crippen LogP contribution >= 0.6 is 0 Å². The van der Waals surface area contributed by atoms with E-state index in [0.29, 0.717) is 12.0 Å². The molecule has 1 atom stereocenters. The Hall–Kier alpha value is -1.23. The van der Waals surface area contributed by atoms with E-state index in [1.54, 1.807) is 0 Å². The highest BCUT2D eigenvalue weighted by atomic mass is 16.4. The Kier molecular flexibility index (Phi) is 2.33. The zero-order valence-electron chi connectivity index (χ0n) is 5.78. The molecule has 11 heavy (non-hydrogen) atoms. The summed E-state index contributed by atoms with van der Waals surface area (Å²) in [6, 6.07) is 1.93. The van der Waals surface area contributed by atoms with E-state index in [1.807, 2.05) is 6.07 Å². The molecule has 1 aliphatic rings. The van der Waals surface area contributed by atoms with Gasteiger partial charge in [0.15, 0.2) is 0 Å². The first-order chi connectivity index (χ1) is 5.24. The van der Waals surface area contributed by atoms with Crippen LogP contribution in [-0.2, 0) is 0 Å². The van der Waals surface area contributed by atoms with E-state index in [2.05, 4.69) is 11.8 Å². The Morgan fingerprint density at radius 2 is 2.45 bits per heavy atom. The predicted octanol–water partition coefficient (Wildman–Crippen LogP) is -0.314. The van der Waals surface area contributed by atoms with E-state index in [4.69, 9.17) is 15.3 Å². The zero-order valence-corrected chi connectivity index (χ0v) is 5.78. The van der Waals surface area contributed by atoms with Gasteiger partial charge in [0, 0.05) is 11.6 Å². The van der Waals surface area contributed by atoms with E-state index in [9.17, 15) is 0 Å². The van der Waals surface area contributed by atoms with Crippen molar-refractivity contribution < 1.29 is 10.0 Å². The quantitative estimate of drug-likeness (QED) is 0.394. The number of hydrogen-bond donors (Lipinski definition) is 2. The van der Waals surface area contributed by atoms with Gasteiger partial charge in [-0.05, 0) is 6.42 Å². The highest BCUT2D eigenvalue weighted by Gasteiger charge is 2.23. The van der Waals surface area contributed by atoms with E-state index >= 15 is 0 Å². The molecule has 0 amide bonds. The summed E-state index contributed by atoms with van der Waals surface area (Å²) in [5.74, 6) is 4.66. The molecule has 0 aromatic rings. The van der Waals surface area contributed by atoms with Crippen LogP contribution in [-0.4, -0.2) is 17.2 Å². The van der Waals surface area contributed by atoms with Gasteiger partial charge in [-0.2, -0.15) is 5.26 Å². The first kappa shape index (κ1) is 7.88. The molecule has 54 valence electrons. The highest BCUT2D eigenvalue weighted by Crippen LogP contribution is 2.19. The van der Waals surface area contributed by atoms with Crippen molar-refractivity contribution in [3.8, 4) is 17.9 Å². The third-order valence-corrected chi connectivity index (χ3v) is 1.46. The lowest BCUT2D eigenvalue weighted by Gasteiger charge is -2.09. The summed E-state index contributed by atoms with van der Waals surface area (Å²) >= 11 is 0. The number of nitrogens with zero attached hydrogens (tertiary/aromatic N) is 1. The highest BCUT2D eigenvalue weighted by molar-refractivity contribution is 6.44. The second-order valence-corrected chi connectivity index (χ2v) is 2.29. The largest absolute Gasteiger partial charge is 0.467 e. The van der Waals surface area contributed by atoms with Crippen molar-refractivity contribution in [2.24, 2.45) is 0 Å². The predicted molar refractivity (Wildman–Crippen MR) is 40.0 cm³/mol. The summed E-state index contributed by atoms with van der Waals surface area (Å²) in [6.45, 7) is 0. The lowest BCUT2D eigenvalue weighted by atomic mass is 9.69.